The van der Waals surface area contributed by atoms with Gasteiger partial charge in [0.15, 0.2) is 0 Å². The molecule has 0 radical (unpaired) electrons. The quantitative estimate of drug-likeness (QED) is 0.764. The van der Waals surface area contributed by atoms with E-state index < -0.39 is 0 Å². The third kappa shape index (κ3) is 3.52. The van der Waals surface area contributed by atoms with Crippen LogP contribution < -0.4 is 10.1 Å². The van der Waals surface area contributed by atoms with Crippen molar-refractivity contribution >= 4 is 22.6 Å². The summed E-state index contributed by atoms with van der Waals surface area (Å²) >= 11 is 2.30. The summed E-state index contributed by atoms with van der Waals surface area (Å²) in [5.41, 5.74) is 2.63. The standard InChI is InChI=1S/C17H18INO/c1-12-10-15(20-17-5-3-2-4-16(17)18)9-6-13(12)11-19-14-7-8-14/h2-6,9-10,14,19H,7-8,11H2,1H3. The highest BCUT2D eigenvalue weighted by Gasteiger charge is 2.20. The first kappa shape index (κ1) is 13.9. The normalized spacial score (nSPS) is 14.3. The fourth-order valence-electron chi connectivity index (χ4n) is 2.13. The van der Waals surface area contributed by atoms with E-state index in [2.05, 4.69) is 59.1 Å². The van der Waals surface area contributed by atoms with Gasteiger partial charge in [0, 0.05) is 12.6 Å². The highest BCUT2D eigenvalue weighted by molar-refractivity contribution is 14.1. The van der Waals surface area contributed by atoms with Crippen LogP contribution in [0.2, 0.25) is 0 Å². The molecular weight excluding hydrogens is 361 g/mol. The Kier molecular flexibility index (Phi) is 4.27. The van der Waals surface area contributed by atoms with E-state index >= 15 is 0 Å². The van der Waals surface area contributed by atoms with Gasteiger partial charge < -0.3 is 10.1 Å². The summed E-state index contributed by atoms with van der Waals surface area (Å²) in [6.07, 6.45) is 2.65. The van der Waals surface area contributed by atoms with Gasteiger partial charge in [0.05, 0.1) is 3.57 Å². The third-order valence-corrected chi connectivity index (χ3v) is 4.43. The highest BCUT2D eigenvalue weighted by Crippen LogP contribution is 2.28. The van der Waals surface area contributed by atoms with Crippen LogP contribution in [0, 0.1) is 10.5 Å². The molecule has 0 aromatic heterocycles. The van der Waals surface area contributed by atoms with Crippen LogP contribution in [0.4, 0.5) is 0 Å². The summed E-state index contributed by atoms with van der Waals surface area (Å²) in [5, 5.41) is 3.55. The monoisotopic (exact) mass is 379 g/mol. The molecule has 2 aromatic rings. The molecule has 1 saturated carbocycles. The SMILES string of the molecule is Cc1cc(Oc2ccccc2I)ccc1CNC1CC1. The molecule has 1 N–H and O–H groups in total. The van der Waals surface area contributed by atoms with Crippen molar-refractivity contribution in [1.82, 2.24) is 5.32 Å². The Hall–Kier alpha value is -1.07. The van der Waals surface area contributed by atoms with Crippen molar-refractivity contribution in [3.8, 4) is 11.5 Å². The van der Waals surface area contributed by atoms with Crippen LogP contribution in [0.3, 0.4) is 0 Å². The first-order chi connectivity index (χ1) is 9.72. The molecule has 0 heterocycles. The van der Waals surface area contributed by atoms with Gasteiger partial charge in [0.1, 0.15) is 11.5 Å². The molecule has 20 heavy (non-hydrogen) atoms. The largest absolute Gasteiger partial charge is 0.456 e. The Balaban J connectivity index is 1.71. The Bertz CT molecular complexity index is 608. The number of ether oxygens (including phenoxy) is 1. The van der Waals surface area contributed by atoms with E-state index in [4.69, 9.17) is 4.74 Å². The zero-order chi connectivity index (χ0) is 13.9. The van der Waals surface area contributed by atoms with Gasteiger partial charge in [-0.15, -0.1) is 0 Å². The lowest BCUT2D eigenvalue weighted by atomic mass is 10.1. The average molecular weight is 379 g/mol. The Labute approximate surface area is 133 Å². The van der Waals surface area contributed by atoms with Crippen molar-refractivity contribution in [1.29, 1.82) is 0 Å². The molecule has 2 nitrogen and oxygen atoms in total. The maximum Gasteiger partial charge on any atom is 0.140 e. The molecule has 0 amide bonds. The van der Waals surface area contributed by atoms with Gasteiger partial charge in [-0.05, 0) is 77.7 Å². The number of aryl methyl sites for hydroxylation is 1. The number of hydrogen-bond acceptors (Lipinski definition) is 2. The molecule has 1 aliphatic carbocycles. The van der Waals surface area contributed by atoms with Gasteiger partial charge in [-0.2, -0.15) is 0 Å². The van der Waals surface area contributed by atoms with E-state index in [1.807, 2.05) is 18.2 Å². The molecule has 104 valence electrons. The second-order valence-electron chi connectivity index (χ2n) is 5.28. The van der Waals surface area contributed by atoms with Crippen molar-refractivity contribution < 1.29 is 4.74 Å². The predicted octanol–water partition coefficient (Wildman–Crippen LogP) is 4.64. The van der Waals surface area contributed by atoms with Gasteiger partial charge >= 0.3 is 0 Å². The number of rotatable bonds is 5. The first-order valence-electron chi connectivity index (χ1n) is 6.97. The van der Waals surface area contributed by atoms with Gasteiger partial charge in [-0.1, -0.05) is 18.2 Å². The molecule has 3 heteroatoms. The lowest BCUT2D eigenvalue weighted by Crippen LogP contribution is -2.15. The Morgan fingerprint density at radius 3 is 2.70 bits per heavy atom. The molecule has 0 atom stereocenters. The van der Waals surface area contributed by atoms with E-state index in [0.717, 1.165) is 27.7 Å². The zero-order valence-corrected chi connectivity index (χ0v) is 13.7. The summed E-state index contributed by atoms with van der Waals surface area (Å²) in [4.78, 5) is 0. The molecule has 0 aliphatic heterocycles. The van der Waals surface area contributed by atoms with Crippen molar-refractivity contribution in [2.45, 2.75) is 32.4 Å². The van der Waals surface area contributed by atoms with Gasteiger partial charge in [0.25, 0.3) is 0 Å². The van der Waals surface area contributed by atoms with Crippen molar-refractivity contribution in [2.75, 3.05) is 0 Å². The summed E-state index contributed by atoms with van der Waals surface area (Å²) in [7, 11) is 0. The summed E-state index contributed by atoms with van der Waals surface area (Å²) in [6, 6.07) is 15.2. The van der Waals surface area contributed by atoms with Gasteiger partial charge in [-0.3, -0.25) is 0 Å². The van der Waals surface area contributed by atoms with Gasteiger partial charge in [-0.25, -0.2) is 0 Å². The second-order valence-corrected chi connectivity index (χ2v) is 6.44. The summed E-state index contributed by atoms with van der Waals surface area (Å²) in [6.45, 7) is 3.10. The smallest absolute Gasteiger partial charge is 0.140 e. The van der Waals surface area contributed by atoms with Crippen molar-refractivity contribution in [3.05, 3.63) is 57.2 Å². The molecule has 0 spiro atoms. The summed E-state index contributed by atoms with van der Waals surface area (Å²) in [5.74, 6) is 1.82. The molecule has 1 fully saturated rings. The maximum atomic E-state index is 5.95. The Morgan fingerprint density at radius 2 is 2.00 bits per heavy atom. The van der Waals surface area contributed by atoms with Crippen LogP contribution in [0.1, 0.15) is 24.0 Å². The average Bonchev–Trinajstić information content (AvgIpc) is 3.25. The molecule has 0 bridgehead atoms. The van der Waals surface area contributed by atoms with Crippen LogP contribution in [0.25, 0.3) is 0 Å². The van der Waals surface area contributed by atoms with E-state index in [9.17, 15) is 0 Å². The van der Waals surface area contributed by atoms with E-state index in [0.29, 0.717) is 0 Å². The van der Waals surface area contributed by atoms with Crippen LogP contribution in [0.5, 0.6) is 11.5 Å². The summed E-state index contributed by atoms with van der Waals surface area (Å²) < 4.78 is 7.08. The first-order valence-corrected chi connectivity index (χ1v) is 8.05. The molecule has 2 aromatic carbocycles. The molecule has 3 rings (SSSR count). The molecular formula is C17H18INO. The van der Waals surface area contributed by atoms with Gasteiger partial charge in [0.2, 0.25) is 0 Å². The van der Waals surface area contributed by atoms with Crippen LogP contribution >= 0.6 is 22.6 Å². The maximum absolute atomic E-state index is 5.95. The Morgan fingerprint density at radius 1 is 1.20 bits per heavy atom. The number of halogens is 1. The van der Waals surface area contributed by atoms with E-state index in [1.54, 1.807) is 0 Å². The molecule has 1 aliphatic rings. The second kappa shape index (κ2) is 6.14. The van der Waals surface area contributed by atoms with E-state index in [-0.39, 0.29) is 0 Å². The number of hydrogen-bond donors (Lipinski definition) is 1. The van der Waals surface area contributed by atoms with Crippen LogP contribution in [0.15, 0.2) is 42.5 Å². The predicted molar refractivity (Wildman–Crippen MR) is 90.3 cm³/mol. The lowest BCUT2D eigenvalue weighted by Gasteiger charge is -2.11. The van der Waals surface area contributed by atoms with Crippen molar-refractivity contribution in [2.24, 2.45) is 0 Å². The third-order valence-electron chi connectivity index (χ3n) is 3.54. The number of para-hydroxylation sites is 1. The van der Waals surface area contributed by atoms with Crippen LogP contribution in [-0.4, -0.2) is 6.04 Å². The highest BCUT2D eigenvalue weighted by atomic mass is 127. The minimum Gasteiger partial charge on any atom is -0.456 e. The molecule has 0 saturated heterocycles. The fourth-order valence-corrected chi connectivity index (χ4v) is 2.62. The number of benzene rings is 2. The van der Waals surface area contributed by atoms with Crippen molar-refractivity contribution in [3.63, 3.8) is 0 Å². The number of nitrogens with one attached hydrogen (secondary N) is 1. The zero-order valence-electron chi connectivity index (χ0n) is 11.5. The fraction of sp³-hybridized carbons (Fsp3) is 0.294. The van der Waals surface area contributed by atoms with Crippen LogP contribution in [-0.2, 0) is 6.54 Å². The van der Waals surface area contributed by atoms with E-state index in [1.165, 1.54) is 24.0 Å². The topological polar surface area (TPSA) is 21.3 Å². The minimum absolute atomic E-state index is 0.747. The minimum atomic E-state index is 0.747. The lowest BCUT2D eigenvalue weighted by molar-refractivity contribution is 0.478. The molecule has 0 unspecified atom stereocenters.